The first-order valence-corrected chi connectivity index (χ1v) is 8.44. The number of benzene rings is 2. The summed E-state index contributed by atoms with van der Waals surface area (Å²) in [6, 6.07) is 15.8. The van der Waals surface area contributed by atoms with Crippen LogP contribution in [-0.4, -0.2) is 17.7 Å². The fourth-order valence-corrected chi connectivity index (χ4v) is 2.48. The highest BCUT2D eigenvalue weighted by Gasteiger charge is 2.26. The Labute approximate surface area is 148 Å². The number of aliphatic carboxylic acids is 1. The lowest BCUT2D eigenvalue weighted by Gasteiger charge is -2.18. The number of rotatable bonds is 8. The smallest absolute Gasteiger partial charge is 0.309 e. The van der Waals surface area contributed by atoms with E-state index in [2.05, 4.69) is 0 Å². The summed E-state index contributed by atoms with van der Waals surface area (Å²) < 4.78 is 5.69. The Morgan fingerprint density at radius 2 is 1.58 bits per heavy atom. The molecule has 0 fully saturated rings. The van der Waals surface area contributed by atoms with Gasteiger partial charge in [0.15, 0.2) is 0 Å². The van der Waals surface area contributed by atoms with Gasteiger partial charge in [-0.3, -0.25) is 4.79 Å². The van der Waals surface area contributed by atoms with E-state index >= 15 is 0 Å². The molecule has 0 heterocycles. The molecule has 0 bridgehead atoms. The highest BCUT2D eigenvalue weighted by atomic mass is 35.5. The van der Waals surface area contributed by atoms with Gasteiger partial charge in [0.05, 0.1) is 12.0 Å². The third-order valence-electron chi connectivity index (χ3n) is 4.04. The van der Waals surface area contributed by atoms with Gasteiger partial charge >= 0.3 is 5.97 Å². The van der Waals surface area contributed by atoms with Crippen molar-refractivity contribution in [3.8, 4) is 5.75 Å². The Hall–Kier alpha value is -2.00. The molecule has 24 heavy (non-hydrogen) atoms. The van der Waals surface area contributed by atoms with Crippen LogP contribution in [0.3, 0.4) is 0 Å². The monoisotopic (exact) mass is 346 g/mol. The normalized spacial score (nSPS) is 11.3. The molecular weight excluding hydrogens is 324 g/mol. The van der Waals surface area contributed by atoms with E-state index < -0.39 is 11.4 Å². The van der Waals surface area contributed by atoms with Crippen molar-refractivity contribution >= 4 is 17.6 Å². The van der Waals surface area contributed by atoms with Gasteiger partial charge in [0.1, 0.15) is 5.75 Å². The van der Waals surface area contributed by atoms with Crippen molar-refractivity contribution in [3.63, 3.8) is 0 Å². The molecule has 0 aliphatic carbocycles. The largest absolute Gasteiger partial charge is 0.494 e. The van der Waals surface area contributed by atoms with Crippen molar-refractivity contribution in [1.82, 2.24) is 0 Å². The van der Waals surface area contributed by atoms with Crippen LogP contribution in [0.5, 0.6) is 5.75 Å². The van der Waals surface area contributed by atoms with E-state index in [4.69, 9.17) is 21.4 Å². The molecule has 1 N–H and O–H groups in total. The molecule has 0 aliphatic rings. The molecule has 0 saturated heterocycles. The minimum Gasteiger partial charge on any atom is -0.494 e. The van der Waals surface area contributed by atoms with Crippen molar-refractivity contribution in [2.24, 2.45) is 5.41 Å². The molecular formula is C20H23ClO3. The van der Waals surface area contributed by atoms with Crippen LogP contribution in [-0.2, 0) is 11.2 Å². The van der Waals surface area contributed by atoms with Crippen LogP contribution in [0, 0.1) is 5.41 Å². The fourth-order valence-electron chi connectivity index (χ4n) is 2.35. The Morgan fingerprint density at radius 3 is 2.12 bits per heavy atom. The SMILES string of the molecule is CC(C)(CCCOc1ccc(Cc2ccc(Cl)cc2)cc1)C(=O)O. The number of carboxylic acid groups (broad SMARTS) is 1. The van der Waals surface area contributed by atoms with Gasteiger partial charge in [-0.05, 0) is 68.5 Å². The molecule has 0 spiro atoms. The molecule has 0 saturated carbocycles. The molecule has 2 aromatic carbocycles. The summed E-state index contributed by atoms with van der Waals surface area (Å²) in [4.78, 5) is 11.0. The standard InChI is InChI=1S/C20H23ClO3/c1-20(2,19(22)23)12-3-13-24-18-10-6-16(7-11-18)14-15-4-8-17(21)9-5-15/h4-11H,3,12-14H2,1-2H3,(H,22,23). The van der Waals surface area contributed by atoms with Crippen LogP contribution in [0.1, 0.15) is 37.8 Å². The van der Waals surface area contributed by atoms with E-state index in [1.807, 2.05) is 48.5 Å². The van der Waals surface area contributed by atoms with E-state index in [0.717, 1.165) is 17.2 Å². The predicted molar refractivity (Wildman–Crippen MR) is 96.8 cm³/mol. The van der Waals surface area contributed by atoms with Crippen LogP contribution < -0.4 is 4.74 Å². The maximum absolute atomic E-state index is 11.0. The van der Waals surface area contributed by atoms with Gasteiger partial charge in [0, 0.05) is 5.02 Å². The molecule has 2 aromatic rings. The second kappa shape index (κ2) is 8.20. The molecule has 0 amide bonds. The van der Waals surface area contributed by atoms with Gasteiger partial charge in [-0.2, -0.15) is 0 Å². The number of ether oxygens (including phenoxy) is 1. The van der Waals surface area contributed by atoms with Crippen molar-refractivity contribution < 1.29 is 14.6 Å². The topological polar surface area (TPSA) is 46.5 Å². The van der Waals surface area contributed by atoms with Gasteiger partial charge in [-0.15, -0.1) is 0 Å². The van der Waals surface area contributed by atoms with E-state index in [-0.39, 0.29) is 0 Å². The summed E-state index contributed by atoms with van der Waals surface area (Å²) in [5.74, 6) is 0.0389. The summed E-state index contributed by atoms with van der Waals surface area (Å²) in [6.45, 7) is 4.00. The van der Waals surface area contributed by atoms with Crippen molar-refractivity contribution in [2.45, 2.75) is 33.1 Å². The zero-order valence-electron chi connectivity index (χ0n) is 14.1. The van der Waals surface area contributed by atoms with E-state index in [9.17, 15) is 4.79 Å². The maximum Gasteiger partial charge on any atom is 0.309 e. The first kappa shape index (κ1) is 18.3. The number of halogens is 1. The Morgan fingerprint density at radius 1 is 1.04 bits per heavy atom. The van der Waals surface area contributed by atoms with Gasteiger partial charge in [0.2, 0.25) is 0 Å². The van der Waals surface area contributed by atoms with Gasteiger partial charge in [-0.1, -0.05) is 35.9 Å². The minimum atomic E-state index is -0.769. The quantitative estimate of drug-likeness (QED) is 0.668. The second-order valence-corrected chi connectivity index (χ2v) is 7.02. The lowest BCUT2D eigenvalue weighted by Crippen LogP contribution is -2.24. The fraction of sp³-hybridized carbons (Fsp3) is 0.350. The molecule has 0 aliphatic heterocycles. The lowest BCUT2D eigenvalue weighted by molar-refractivity contribution is -0.147. The molecule has 0 atom stereocenters. The highest BCUT2D eigenvalue weighted by Crippen LogP contribution is 2.23. The molecule has 2 rings (SSSR count). The van der Waals surface area contributed by atoms with Crippen LogP contribution in [0.4, 0.5) is 0 Å². The minimum absolute atomic E-state index is 0.521. The van der Waals surface area contributed by atoms with Crippen molar-refractivity contribution in [1.29, 1.82) is 0 Å². The zero-order valence-corrected chi connectivity index (χ0v) is 14.8. The average Bonchev–Trinajstić information content (AvgIpc) is 2.55. The summed E-state index contributed by atoms with van der Waals surface area (Å²) in [5.41, 5.74) is 1.71. The number of carbonyl (C=O) groups is 1. The predicted octanol–water partition coefficient (Wildman–Crippen LogP) is 5.20. The van der Waals surface area contributed by atoms with Gasteiger partial charge in [0.25, 0.3) is 0 Å². The van der Waals surface area contributed by atoms with E-state index in [0.29, 0.717) is 19.4 Å². The highest BCUT2D eigenvalue weighted by molar-refractivity contribution is 6.30. The molecule has 4 heteroatoms. The number of carboxylic acids is 1. The van der Waals surface area contributed by atoms with E-state index in [1.54, 1.807) is 13.8 Å². The maximum atomic E-state index is 11.0. The first-order valence-electron chi connectivity index (χ1n) is 8.06. The van der Waals surface area contributed by atoms with Gasteiger partial charge in [-0.25, -0.2) is 0 Å². The Kier molecular flexibility index (Phi) is 6.27. The molecule has 0 aromatic heterocycles. The zero-order chi connectivity index (χ0) is 17.6. The van der Waals surface area contributed by atoms with Crippen LogP contribution in [0.2, 0.25) is 5.02 Å². The summed E-state index contributed by atoms with van der Waals surface area (Å²) >= 11 is 5.89. The molecule has 0 unspecified atom stereocenters. The summed E-state index contributed by atoms with van der Waals surface area (Å²) in [7, 11) is 0. The van der Waals surface area contributed by atoms with Crippen LogP contribution in [0.25, 0.3) is 0 Å². The van der Waals surface area contributed by atoms with Crippen LogP contribution >= 0.6 is 11.6 Å². The third kappa shape index (κ3) is 5.57. The Bertz CT molecular complexity index is 660. The average molecular weight is 347 g/mol. The number of hydrogen-bond acceptors (Lipinski definition) is 2. The summed E-state index contributed by atoms with van der Waals surface area (Å²) in [6.07, 6.45) is 2.16. The molecule has 128 valence electrons. The van der Waals surface area contributed by atoms with Crippen molar-refractivity contribution in [3.05, 3.63) is 64.7 Å². The van der Waals surface area contributed by atoms with Gasteiger partial charge < -0.3 is 9.84 Å². The molecule has 0 radical (unpaired) electrons. The molecule has 3 nitrogen and oxygen atoms in total. The van der Waals surface area contributed by atoms with E-state index in [1.165, 1.54) is 11.1 Å². The third-order valence-corrected chi connectivity index (χ3v) is 4.29. The number of hydrogen-bond donors (Lipinski definition) is 1. The first-order chi connectivity index (χ1) is 11.4. The lowest BCUT2D eigenvalue weighted by atomic mass is 9.88. The summed E-state index contributed by atoms with van der Waals surface area (Å²) in [5, 5.41) is 9.82. The van der Waals surface area contributed by atoms with Crippen molar-refractivity contribution in [2.75, 3.05) is 6.61 Å². The van der Waals surface area contributed by atoms with Crippen LogP contribution in [0.15, 0.2) is 48.5 Å². The Balaban J connectivity index is 1.80. The second-order valence-electron chi connectivity index (χ2n) is 6.59.